The van der Waals surface area contributed by atoms with Gasteiger partial charge in [-0.1, -0.05) is 30.3 Å². The minimum atomic E-state index is -1.32. The molecular weight excluding hydrogens is 324 g/mol. The summed E-state index contributed by atoms with van der Waals surface area (Å²) in [6.45, 7) is 0.410. The first-order valence-corrected chi connectivity index (χ1v) is 7.47. The summed E-state index contributed by atoms with van der Waals surface area (Å²) in [5, 5.41) is 20.1. The highest BCUT2D eigenvalue weighted by atomic mass is 16.5. The van der Waals surface area contributed by atoms with Crippen molar-refractivity contribution in [3.63, 3.8) is 0 Å². The van der Waals surface area contributed by atoms with Gasteiger partial charge in [0.25, 0.3) is 0 Å². The monoisotopic (exact) mass is 340 g/mol. The number of esters is 1. The van der Waals surface area contributed by atoms with Crippen LogP contribution >= 0.6 is 0 Å². The molecule has 2 aromatic heterocycles. The van der Waals surface area contributed by atoms with Crippen molar-refractivity contribution in [3.8, 4) is 0 Å². The molecule has 0 aliphatic rings. The van der Waals surface area contributed by atoms with E-state index in [2.05, 4.69) is 19.7 Å². The SMILES string of the molecule is COC(=O)/C(O)=C/C(O)c1nc2cncnc2n1Cc1ccccc1. The van der Waals surface area contributed by atoms with Gasteiger partial charge in [0.1, 0.15) is 23.8 Å². The van der Waals surface area contributed by atoms with Crippen molar-refractivity contribution in [2.45, 2.75) is 12.6 Å². The molecule has 3 rings (SSSR count). The molecule has 0 aliphatic heterocycles. The Bertz CT molecular complexity index is 921. The average molecular weight is 340 g/mol. The maximum atomic E-state index is 11.3. The highest BCUT2D eigenvalue weighted by molar-refractivity contribution is 5.85. The van der Waals surface area contributed by atoms with Gasteiger partial charge in [0.05, 0.1) is 19.9 Å². The van der Waals surface area contributed by atoms with Crippen LogP contribution in [0.3, 0.4) is 0 Å². The van der Waals surface area contributed by atoms with Crippen LogP contribution in [0.1, 0.15) is 17.5 Å². The molecule has 8 nitrogen and oxygen atoms in total. The normalized spacial score (nSPS) is 13.0. The highest BCUT2D eigenvalue weighted by Crippen LogP contribution is 2.22. The van der Waals surface area contributed by atoms with E-state index >= 15 is 0 Å². The van der Waals surface area contributed by atoms with Crippen LogP contribution in [0.2, 0.25) is 0 Å². The Labute approximate surface area is 143 Å². The molecule has 1 unspecified atom stereocenters. The first kappa shape index (κ1) is 16.6. The lowest BCUT2D eigenvalue weighted by Gasteiger charge is -2.11. The number of rotatable bonds is 5. The van der Waals surface area contributed by atoms with Crippen molar-refractivity contribution in [1.82, 2.24) is 19.5 Å². The summed E-state index contributed by atoms with van der Waals surface area (Å²) in [5.74, 6) is -1.40. The molecule has 0 aliphatic carbocycles. The van der Waals surface area contributed by atoms with Crippen molar-refractivity contribution in [2.24, 2.45) is 0 Å². The first-order valence-electron chi connectivity index (χ1n) is 7.47. The number of benzene rings is 1. The molecule has 8 heteroatoms. The van der Waals surface area contributed by atoms with Crippen LogP contribution in [-0.4, -0.2) is 42.8 Å². The van der Waals surface area contributed by atoms with Gasteiger partial charge >= 0.3 is 5.97 Å². The largest absolute Gasteiger partial charge is 0.502 e. The van der Waals surface area contributed by atoms with Crippen LogP contribution in [0.15, 0.2) is 54.7 Å². The summed E-state index contributed by atoms with van der Waals surface area (Å²) >= 11 is 0. The summed E-state index contributed by atoms with van der Waals surface area (Å²) in [5.41, 5.74) is 2.02. The lowest BCUT2D eigenvalue weighted by Crippen LogP contribution is -2.11. The Morgan fingerprint density at radius 3 is 2.84 bits per heavy atom. The van der Waals surface area contributed by atoms with E-state index in [-0.39, 0.29) is 5.82 Å². The molecule has 0 bridgehead atoms. The molecule has 3 aromatic rings. The first-order chi connectivity index (χ1) is 12.1. The van der Waals surface area contributed by atoms with Crippen molar-refractivity contribution in [2.75, 3.05) is 7.11 Å². The second-order valence-corrected chi connectivity index (χ2v) is 5.26. The molecule has 2 heterocycles. The molecule has 0 saturated carbocycles. The fourth-order valence-electron chi connectivity index (χ4n) is 2.44. The third kappa shape index (κ3) is 3.48. The third-order valence-corrected chi connectivity index (χ3v) is 3.60. The maximum absolute atomic E-state index is 11.3. The van der Waals surface area contributed by atoms with Crippen LogP contribution in [0.4, 0.5) is 0 Å². The van der Waals surface area contributed by atoms with Gasteiger partial charge in [0, 0.05) is 6.08 Å². The Morgan fingerprint density at radius 1 is 1.36 bits per heavy atom. The zero-order chi connectivity index (χ0) is 17.8. The van der Waals surface area contributed by atoms with E-state index in [1.165, 1.54) is 12.5 Å². The second kappa shape index (κ2) is 7.10. The minimum Gasteiger partial charge on any atom is -0.502 e. The number of fused-ring (bicyclic) bond motifs is 1. The van der Waals surface area contributed by atoms with Gasteiger partial charge in [-0.3, -0.25) is 0 Å². The van der Waals surface area contributed by atoms with E-state index in [9.17, 15) is 15.0 Å². The minimum absolute atomic E-state index is 0.231. The molecule has 0 amide bonds. The summed E-state index contributed by atoms with van der Waals surface area (Å²) in [6.07, 6.45) is 2.58. The number of aliphatic hydroxyl groups is 2. The van der Waals surface area contributed by atoms with Gasteiger partial charge in [-0.25, -0.2) is 19.7 Å². The van der Waals surface area contributed by atoms with E-state index in [0.29, 0.717) is 17.7 Å². The number of carbonyl (C=O) groups is 1. The summed E-state index contributed by atoms with van der Waals surface area (Å²) in [7, 11) is 1.14. The molecule has 2 N–H and O–H groups in total. The van der Waals surface area contributed by atoms with Crippen molar-refractivity contribution >= 4 is 17.1 Å². The van der Waals surface area contributed by atoms with E-state index < -0.39 is 17.8 Å². The molecule has 128 valence electrons. The Balaban J connectivity index is 2.05. The smallest absolute Gasteiger partial charge is 0.372 e. The molecule has 0 radical (unpaired) electrons. The lowest BCUT2D eigenvalue weighted by atomic mass is 10.2. The van der Waals surface area contributed by atoms with Crippen LogP contribution in [0.25, 0.3) is 11.2 Å². The Morgan fingerprint density at radius 2 is 2.12 bits per heavy atom. The maximum Gasteiger partial charge on any atom is 0.372 e. The molecule has 25 heavy (non-hydrogen) atoms. The van der Waals surface area contributed by atoms with Crippen LogP contribution < -0.4 is 0 Å². The van der Waals surface area contributed by atoms with Crippen LogP contribution in [0, 0.1) is 0 Å². The number of aliphatic hydroxyl groups excluding tert-OH is 2. The number of imidazole rings is 1. The van der Waals surface area contributed by atoms with Crippen LogP contribution in [0.5, 0.6) is 0 Å². The predicted octanol–water partition coefficient (Wildman–Crippen LogP) is 1.52. The molecule has 0 spiro atoms. The van der Waals surface area contributed by atoms with Gasteiger partial charge in [0.15, 0.2) is 5.65 Å². The molecular formula is C17H16N4O4. The number of hydrogen-bond acceptors (Lipinski definition) is 7. The standard InChI is InChI=1S/C17H16N4O4/c1-25-17(24)14(23)7-13(22)16-20-12-8-18-10-19-15(12)21(16)9-11-5-3-2-4-6-11/h2-8,10,13,22-23H,9H2,1H3/b14-7-. The highest BCUT2D eigenvalue weighted by Gasteiger charge is 2.20. The van der Waals surface area contributed by atoms with Gasteiger partial charge in [0.2, 0.25) is 5.76 Å². The lowest BCUT2D eigenvalue weighted by molar-refractivity contribution is -0.139. The zero-order valence-electron chi connectivity index (χ0n) is 13.4. The van der Waals surface area contributed by atoms with Crippen molar-refractivity contribution < 1.29 is 19.7 Å². The van der Waals surface area contributed by atoms with Gasteiger partial charge in [-0.15, -0.1) is 0 Å². The Kier molecular flexibility index (Phi) is 4.71. The number of nitrogens with zero attached hydrogens (tertiary/aromatic N) is 4. The Hall–Kier alpha value is -3.26. The van der Waals surface area contributed by atoms with E-state index in [4.69, 9.17) is 0 Å². The van der Waals surface area contributed by atoms with Crippen molar-refractivity contribution in [1.29, 1.82) is 0 Å². The molecule has 0 fully saturated rings. The van der Waals surface area contributed by atoms with E-state index in [0.717, 1.165) is 18.7 Å². The molecule has 1 aromatic carbocycles. The predicted molar refractivity (Wildman–Crippen MR) is 88.6 cm³/mol. The third-order valence-electron chi connectivity index (χ3n) is 3.60. The van der Waals surface area contributed by atoms with Gasteiger partial charge in [-0.05, 0) is 5.56 Å². The second-order valence-electron chi connectivity index (χ2n) is 5.26. The summed E-state index contributed by atoms with van der Waals surface area (Å²) in [4.78, 5) is 23.8. The van der Waals surface area contributed by atoms with Crippen LogP contribution in [-0.2, 0) is 16.1 Å². The number of ether oxygens (including phenoxy) is 1. The fourth-order valence-corrected chi connectivity index (χ4v) is 2.44. The number of carbonyl (C=O) groups excluding carboxylic acids is 1. The molecule has 0 saturated heterocycles. The summed E-state index contributed by atoms with van der Waals surface area (Å²) in [6, 6.07) is 9.59. The van der Waals surface area contributed by atoms with Gasteiger partial charge in [-0.2, -0.15) is 0 Å². The summed E-state index contributed by atoms with van der Waals surface area (Å²) < 4.78 is 6.12. The number of methoxy groups -OCH3 is 1. The number of hydrogen-bond donors (Lipinski definition) is 2. The van der Waals surface area contributed by atoms with E-state index in [1.807, 2.05) is 30.3 Å². The van der Waals surface area contributed by atoms with Crippen molar-refractivity contribution in [3.05, 3.63) is 66.1 Å². The quantitative estimate of drug-likeness (QED) is 0.411. The van der Waals surface area contributed by atoms with Gasteiger partial charge < -0.3 is 19.5 Å². The topological polar surface area (TPSA) is 110 Å². The average Bonchev–Trinajstić information content (AvgIpc) is 3.00. The number of aromatic nitrogens is 4. The fraction of sp³-hybridized carbons (Fsp3) is 0.176. The van der Waals surface area contributed by atoms with E-state index in [1.54, 1.807) is 4.57 Å². The zero-order valence-corrected chi connectivity index (χ0v) is 13.4. The molecule has 1 atom stereocenters.